The van der Waals surface area contributed by atoms with Gasteiger partial charge in [-0.3, -0.25) is 19.7 Å². The lowest BCUT2D eigenvalue weighted by atomic mass is 10.0. The number of hydrogen-bond donors (Lipinski definition) is 0. The van der Waals surface area contributed by atoms with Crippen molar-refractivity contribution < 1.29 is 14.5 Å². The molecule has 0 unspecified atom stereocenters. The fourth-order valence-corrected chi connectivity index (χ4v) is 1.20. The van der Waals surface area contributed by atoms with Crippen LogP contribution in [0.15, 0.2) is 18.2 Å². The summed E-state index contributed by atoms with van der Waals surface area (Å²) in [4.78, 5) is 32.1. The molecule has 0 heterocycles. The van der Waals surface area contributed by atoms with Crippen LogP contribution >= 0.6 is 0 Å². The second kappa shape index (κ2) is 4.00. The summed E-state index contributed by atoms with van der Waals surface area (Å²) in [6.45, 7) is 2.57. The molecule has 0 aromatic heterocycles. The van der Waals surface area contributed by atoms with E-state index in [1.165, 1.54) is 32.0 Å². The van der Waals surface area contributed by atoms with Crippen LogP contribution in [0.3, 0.4) is 0 Å². The number of rotatable bonds is 3. The molecule has 1 aromatic carbocycles. The monoisotopic (exact) mass is 207 g/mol. The molecular formula is C10H9NO4. The van der Waals surface area contributed by atoms with Crippen molar-refractivity contribution in [1.82, 2.24) is 0 Å². The van der Waals surface area contributed by atoms with Gasteiger partial charge in [0.15, 0.2) is 11.6 Å². The SMILES string of the molecule is CC(=O)c1ccc([N+](=O)[O-])c(C(C)=O)c1. The van der Waals surface area contributed by atoms with E-state index in [4.69, 9.17) is 0 Å². The van der Waals surface area contributed by atoms with Crippen LogP contribution in [0.25, 0.3) is 0 Å². The Morgan fingerprint density at radius 2 is 1.80 bits per heavy atom. The molecule has 0 aliphatic heterocycles. The molecule has 0 saturated carbocycles. The molecule has 0 bridgehead atoms. The molecule has 1 rings (SSSR count). The molecule has 1 aromatic rings. The Bertz CT molecular complexity index is 451. The summed E-state index contributed by atoms with van der Waals surface area (Å²) in [5, 5.41) is 10.6. The lowest BCUT2D eigenvalue weighted by Gasteiger charge is -2.00. The van der Waals surface area contributed by atoms with Gasteiger partial charge >= 0.3 is 0 Å². The second-order valence-corrected chi connectivity index (χ2v) is 3.10. The van der Waals surface area contributed by atoms with E-state index in [-0.39, 0.29) is 17.0 Å². The highest BCUT2D eigenvalue weighted by Gasteiger charge is 2.18. The second-order valence-electron chi connectivity index (χ2n) is 3.10. The largest absolute Gasteiger partial charge is 0.295 e. The number of nitrogens with zero attached hydrogens (tertiary/aromatic N) is 1. The molecule has 0 aliphatic carbocycles. The van der Waals surface area contributed by atoms with Gasteiger partial charge in [0, 0.05) is 11.6 Å². The molecule has 0 saturated heterocycles. The minimum Gasteiger partial charge on any atom is -0.295 e. The lowest BCUT2D eigenvalue weighted by molar-refractivity contribution is -0.385. The number of carbonyl (C=O) groups is 2. The molecule has 5 heteroatoms. The predicted molar refractivity (Wildman–Crippen MR) is 53.1 cm³/mol. The third-order valence-corrected chi connectivity index (χ3v) is 1.98. The normalized spacial score (nSPS) is 9.73. The van der Waals surface area contributed by atoms with Gasteiger partial charge in [0.2, 0.25) is 0 Å². The standard InChI is InChI=1S/C10H9NO4/c1-6(12)8-3-4-10(11(14)15)9(5-8)7(2)13/h3-5H,1-2H3. The van der Waals surface area contributed by atoms with Gasteiger partial charge in [-0.2, -0.15) is 0 Å². The van der Waals surface area contributed by atoms with Crippen LogP contribution in [0.5, 0.6) is 0 Å². The van der Waals surface area contributed by atoms with Crippen LogP contribution < -0.4 is 0 Å². The number of ketones is 2. The van der Waals surface area contributed by atoms with Gasteiger partial charge in [-0.25, -0.2) is 0 Å². The van der Waals surface area contributed by atoms with Gasteiger partial charge in [-0.15, -0.1) is 0 Å². The number of nitro groups is 1. The minimum absolute atomic E-state index is 0.0345. The zero-order chi connectivity index (χ0) is 11.6. The van der Waals surface area contributed by atoms with Crippen LogP contribution in [-0.2, 0) is 0 Å². The van der Waals surface area contributed by atoms with Crippen molar-refractivity contribution in [2.75, 3.05) is 0 Å². The fraction of sp³-hybridized carbons (Fsp3) is 0.200. The zero-order valence-electron chi connectivity index (χ0n) is 8.31. The first kappa shape index (κ1) is 11.0. The highest BCUT2D eigenvalue weighted by molar-refractivity contribution is 6.02. The van der Waals surface area contributed by atoms with Crippen molar-refractivity contribution >= 4 is 17.3 Å². The van der Waals surface area contributed by atoms with Crippen molar-refractivity contribution in [3.8, 4) is 0 Å². The van der Waals surface area contributed by atoms with E-state index in [1.807, 2.05) is 0 Å². The number of nitro benzene ring substituents is 1. The molecule has 5 nitrogen and oxygen atoms in total. The molecule has 78 valence electrons. The summed E-state index contributed by atoms with van der Waals surface area (Å²) in [6, 6.07) is 3.77. The van der Waals surface area contributed by atoms with Crippen molar-refractivity contribution in [2.24, 2.45) is 0 Å². The number of hydrogen-bond acceptors (Lipinski definition) is 4. The van der Waals surface area contributed by atoms with Gasteiger partial charge in [-0.05, 0) is 26.0 Å². The van der Waals surface area contributed by atoms with E-state index >= 15 is 0 Å². The molecule has 0 N–H and O–H groups in total. The van der Waals surface area contributed by atoms with Gasteiger partial charge in [0.05, 0.1) is 10.5 Å². The highest BCUT2D eigenvalue weighted by atomic mass is 16.6. The van der Waals surface area contributed by atoms with Crippen LogP contribution in [0.4, 0.5) is 5.69 Å². The topological polar surface area (TPSA) is 77.3 Å². The van der Waals surface area contributed by atoms with E-state index in [2.05, 4.69) is 0 Å². The summed E-state index contributed by atoms with van der Waals surface area (Å²) in [7, 11) is 0. The third kappa shape index (κ3) is 2.25. The predicted octanol–water partition coefficient (Wildman–Crippen LogP) is 2.00. The third-order valence-electron chi connectivity index (χ3n) is 1.98. The molecule has 0 atom stereocenters. The Kier molecular flexibility index (Phi) is 2.94. The summed E-state index contributed by atoms with van der Waals surface area (Å²) in [5.74, 6) is -0.655. The first-order valence-corrected chi connectivity index (χ1v) is 4.24. The van der Waals surface area contributed by atoms with Gasteiger partial charge in [0.25, 0.3) is 5.69 Å². The van der Waals surface area contributed by atoms with Crippen molar-refractivity contribution in [3.63, 3.8) is 0 Å². The van der Waals surface area contributed by atoms with Crippen LogP contribution in [-0.4, -0.2) is 16.5 Å². The Hall–Kier alpha value is -2.04. The van der Waals surface area contributed by atoms with Crippen LogP contribution in [0.1, 0.15) is 34.6 Å². The molecule has 0 fully saturated rings. The highest BCUT2D eigenvalue weighted by Crippen LogP contribution is 2.20. The molecule has 0 radical (unpaired) electrons. The van der Waals surface area contributed by atoms with Crippen LogP contribution in [0.2, 0.25) is 0 Å². The number of carbonyl (C=O) groups excluding carboxylic acids is 2. The Morgan fingerprint density at radius 1 is 1.20 bits per heavy atom. The Balaban J connectivity index is 3.40. The van der Waals surface area contributed by atoms with Gasteiger partial charge < -0.3 is 0 Å². The van der Waals surface area contributed by atoms with E-state index < -0.39 is 10.7 Å². The van der Waals surface area contributed by atoms with Crippen molar-refractivity contribution in [2.45, 2.75) is 13.8 Å². The summed E-state index contributed by atoms with van der Waals surface area (Å²) in [6.07, 6.45) is 0. The number of benzene rings is 1. The van der Waals surface area contributed by atoms with Crippen LogP contribution in [0, 0.1) is 10.1 Å². The van der Waals surface area contributed by atoms with Gasteiger partial charge in [0.1, 0.15) is 0 Å². The molecular weight excluding hydrogens is 198 g/mol. The zero-order valence-corrected chi connectivity index (χ0v) is 8.31. The smallest absolute Gasteiger partial charge is 0.280 e. The van der Waals surface area contributed by atoms with E-state index in [0.29, 0.717) is 5.56 Å². The summed E-state index contributed by atoms with van der Waals surface area (Å²) >= 11 is 0. The Labute approximate surface area is 85.9 Å². The summed E-state index contributed by atoms with van der Waals surface area (Å²) in [5.41, 5.74) is -0.00833. The first-order chi connectivity index (χ1) is 6.93. The first-order valence-electron chi connectivity index (χ1n) is 4.24. The molecule has 15 heavy (non-hydrogen) atoms. The molecule has 0 spiro atoms. The average molecular weight is 207 g/mol. The van der Waals surface area contributed by atoms with Crippen molar-refractivity contribution in [3.05, 3.63) is 39.4 Å². The summed E-state index contributed by atoms with van der Waals surface area (Å²) < 4.78 is 0. The quantitative estimate of drug-likeness (QED) is 0.431. The maximum atomic E-state index is 11.1. The molecule has 0 aliphatic rings. The van der Waals surface area contributed by atoms with E-state index in [9.17, 15) is 19.7 Å². The number of Topliss-reactive ketones (excluding diaryl/α,β-unsaturated/α-hetero) is 2. The fourth-order valence-electron chi connectivity index (χ4n) is 1.20. The van der Waals surface area contributed by atoms with Gasteiger partial charge in [-0.1, -0.05) is 0 Å². The Morgan fingerprint density at radius 3 is 2.20 bits per heavy atom. The maximum Gasteiger partial charge on any atom is 0.280 e. The lowest BCUT2D eigenvalue weighted by Crippen LogP contribution is -2.03. The van der Waals surface area contributed by atoms with E-state index in [0.717, 1.165) is 0 Å². The van der Waals surface area contributed by atoms with E-state index in [1.54, 1.807) is 0 Å². The average Bonchev–Trinajstić information content (AvgIpc) is 2.16. The molecule has 0 amide bonds. The van der Waals surface area contributed by atoms with Crippen molar-refractivity contribution in [1.29, 1.82) is 0 Å². The minimum atomic E-state index is -0.638. The maximum absolute atomic E-state index is 11.1.